The van der Waals surface area contributed by atoms with Crippen LogP contribution in [-0.4, -0.2) is 46.5 Å². The van der Waals surface area contributed by atoms with Crippen molar-refractivity contribution in [3.05, 3.63) is 0 Å². The number of nitrogens with one attached hydrogen (secondary N) is 1. The Labute approximate surface area is 91.3 Å². The van der Waals surface area contributed by atoms with E-state index in [9.17, 15) is 5.11 Å². The van der Waals surface area contributed by atoms with E-state index in [-0.39, 0.29) is 6.61 Å². The molecule has 0 spiro atoms. The van der Waals surface area contributed by atoms with Gasteiger partial charge >= 0.3 is 0 Å². The Morgan fingerprint density at radius 3 is 2.43 bits per heavy atom. The molecule has 3 atom stereocenters. The molecule has 0 heterocycles. The van der Waals surface area contributed by atoms with Gasteiger partial charge in [0.05, 0.1) is 12.7 Å². The average molecular weight is 221 g/mol. The highest BCUT2D eigenvalue weighted by molar-refractivity contribution is 7.99. The van der Waals surface area contributed by atoms with Crippen LogP contribution in [0.15, 0.2) is 0 Å². The normalized spacial score (nSPS) is 17.8. The van der Waals surface area contributed by atoms with Gasteiger partial charge in [0.1, 0.15) is 0 Å². The molecule has 3 N–H and O–H groups in total. The third kappa shape index (κ3) is 5.86. The van der Waals surface area contributed by atoms with Gasteiger partial charge in [-0.25, -0.2) is 0 Å². The molecule has 0 bridgehead atoms. The fraction of sp³-hybridized carbons (Fsp3) is 1.00. The van der Waals surface area contributed by atoms with Gasteiger partial charge in [-0.15, -0.1) is 0 Å². The summed E-state index contributed by atoms with van der Waals surface area (Å²) in [5, 5.41) is 21.7. The number of rotatable bonds is 8. The number of aliphatic hydroxyl groups excluding tert-OH is 2. The first kappa shape index (κ1) is 14.2. The summed E-state index contributed by atoms with van der Waals surface area (Å²) in [6, 6.07) is 0.496. The third-order valence-corrected chi connectivity index (χ3v) is 3.67. The standard InChI is InChI=1S/C10H23NO2S/c1-4-10(11-5-2)8(3)14-7-9(13)6-12/h8-13H,4-7H2,1-3H3. The van der Waals surface area contributed by atoms with Gasteiger partial charge in [0.2, 0.25) is 0 Å². The summed E-state index contributed by atoms with van der Waals surface area (Å²) >= 11 is 1.71. The highest BCUT2D eigenvalue weighted by Crippen LogP contribution is 2.17. The zero-order valence-corrected chi connectivity index (χ0v) is 10.2. The summed E-state index contributed by atoms with van der Waals surface area (Å²) in [7, 11) is 0. The van der Waals surface area contributed by atoms with E-state index in [0.717, 1.165) is 13.0 Å². The zero-order chi connectivity index (χ0) is 11.0. The van der Waals surface area contributed by atoms with Crippen molar-refractivity contribution in [2.24, 2.45) is 0 Å². The molecule has 14 heavy (non-hydrogen) atoms. The zero-order valence-electron chi connectivity index (χ0n) is 9.36. The second-order valence-corrected chi connectivity index (χ2v) is 4.86. The van der Waals surface area contributed by atoms with Gasteiger partial charge in [-0.1, -0.05) is 20.8 Å². The molecule has 0 saturated heterocycles. The summed E-state index contributed by atoms with van der Waals surface area (Å²) in [6.07, 6.45) is 0.513. The predicted molar refractivity (Wildman–Crippen MR) is 62.8 cm³/mol. The fourth-order valence-electron chi connectivity index (χ4n) is 1.34. The van der Waals surface area contributed by atoms with Gasteiger partial charge in [-0.05, 0) is 13.0 Å². The highest BCUT2D eigenvalue weighted by Gasteiger charge is 2.15. The monoisotopic (exact) mass is 221 g/mol. The Kier molecular flexibility index (Phi) is 8.67. The van der Waals surface area contributed by atoms with Crippen LogP contribution < -0.4 is 5.32 Å². The van der Waals surface area contributed by atoms with E-state index in [1.807, 2.05) is 0 Å². The minimum absolute atomic E-state index is 0.141. The minimum atomic E-state index is -0.582. The first-order valence-corrected chi connectivity index (χ1v) is 6.34. The molecule has 3 nitrogen and oxygen atoms in total. The van der Waals surface area contributed by atoms with Crippen molar-refractivity contribution >= 4 is 11.8 Å². The minimum Gasteiger partial charge on any atom is -0.394 e. The van der Waals surface area contributed by atoms with Crippen LogP contribution in [0.25, 0.3) is 0 Å². The van der Waals surface area contributed by atoms with Crippen molar-refractivity contribution < 1.29 is 10.2 Å². The second kappa shape index (κ2) is 8.53. The SMILES string of the molecule is CCNC(CC)C(C)SCC(O)CO. The Hall–Kier alpha value is 0.230. The van der Waals surface area contributed by atoms with E-state index in [2.05, 4.69) is 26.1 Å². The molecule has 0 aromatic carbocycles. The lowest BCUT2D eigenvalue weighted by Crippen LogP contribution is -2.36. The lowest BCUT2D eigenvalue weighted by Gasteiger charge is -2.23. The topological polar surface area (TPSA) is 52.5 Å². The summed E-state index contributed by atoms with van der Waals surface area (Å²) in [4.78, 5) is 0. The van der Waals surface area contributed by atoms with Crippen LogP contribution >= 0.6 is 11.8 Å². The summed E-state index contributed by atoms with van der Waals surface area (Å²) in [6.45, 7) is 7.25. The van der Waals surface area contributed by atoms with E-state index in [1.165, 1.54) is 0 Å². The molecule has 0 radical (unpaired) electrons. The maximum absolute atomic E-state index is 9.20. The molecule has 0 aliphatic carbocycles. The quantitative estimate of drug-likeness (QED) is 0.569. The van der Waals surface area contributed by atoms with Crippen LogP contribution in [0.4, 0.5) is 0 Å². The number of hydrogen-bond acceptors (Lipinski definition) is 4. The van der Waals surface area contributed by atoms with Crippen molar-refractivity contribution in [2.45, 2.75) is 44.6 Å². The molecule has 86 valence electrons. The number of aliphatic hydroxyl groups is 2. The second-order valence-electron chi connectivity index (χ2n) is 3.45. The fourth-order valence-corrected chi connectivity index (χ4v) is 2.49. The molecule has 0 aromatic heterocycles. The van der Waals surface area contributed by atoms with Crippen molar-refractivity contribution in [3.63, 3.8) is 0 Å². The average Bonchev–Trinajstić information content (AvgIpc) is 2.21. The third-order valence-electron chi connectivity index (χ3n) is 2.24. The lowest BCUT2D eigenvalue weighted by molar-refractivity contribution is 0.113. The molecule has 0 fully saturated rings. The van der Waals surface area contributed by atoms with E-state index < -0.39 is 6.10 Å². The van der Waals surface area contributed by atoms with Crippen LogP contribution in [0.5, 0.6) is 0 Å². The van der Waals surface area contributed by atoms with Gasteiger partial charge in [0.15, 0.2) is 0 Å². The molecule has 0 aliphatic heterocycles. The van der Waals surface area contributed by atoms with Gasteiger partial charge in [-0.3, -0.25) is 0 Å². The summed E-state index contributed by atoms with van der Waals surface area (Å²) in [5.41, 5.74) is 0. The maximum atomic E-state index is 9.20. The number of thioether (sulfide) groups is 1. The van der Waals surface area contributed by atoms with E-state index >= 15 is 0 Å². The Morgan fingerprint density at radius 2 is 2.00 bits per heavy atom. The molecule has 0 rings (SSSR count). The van der Waals surface area contributed by atoms with Crippen molar-refractivity contribution in [1.29, 1.82) is 0 Å². The maximum Gasteiger partial charge on any atom is 0.0861 e. The molecule has 0 saturated carbocycles. The Balaban J connectivity index is 3.73. The van der Waals surface area contributed by atoms with Crippen LogP contribution in [0, 0.1) is 0 Å². The van der Waals surface area contributed by atoms with E-state index in [0.29, 0.717) is 17.0 Å². The molecule has 0 aliphatic rings. The Bertz CT molecular complexity index is 135. The molecule has 0 amide bonds. The van der Waals surface area contributed by atoms with Crippen LogP contribution in [0.3, 0.4) is 0 Å². The van der Waals surface area contributed by atoms with E-state index in [4.69, 9.17) is 5.11 Å². The Morgan fingerprint density at radius 1 is 1.36 bits per heavy atom. The lowest BCUT2D eigenvalue weighted by atomic mass is 10.2. The molecular weight excluding hydrogens is 198 g/mol. The van der Waals surface area contributed by atoms with Crippen LogP contribution in [0.2, 0.25) is 0 Å². The highest BCUT2D eigenvalue weighted by atomic mass is 32.2. The molecule has 3 unspecified atom stereocenters. The van der Waals surface area contributed by atoms with Crippen molar-refractivity contribution in [1.82, 2.24) is 5.32 Å². The molecular formula is C10H23NO2S. The summed E-state index contributed by atoms with van der Waals surface area (Å²) < 4.78 is 0. The first-order chi connectivity index (χ1) is 6.65. The predicted octanol–water partition coefficient (Wildman–Crippen LogP) is 0.849. The smallest absolute Gasteiger partial charge is 0.0861 e. The van der Waals surface area contributed by atoms with E-state index in [1.54, 1.807) is 11.8 Å². The molecule has 0 aromatic rings. The first-order valence-electron chi connectivity index (χ1n) is 5.29. The van der Waals surface area contributed by atoms with Gasteiger partial charge in [-0.2, -0.15) is 11.8 Å². The molecule has 4 heteroatoms. The van der Waals surface area contributed by atoms with Gasteiger partial charge < -0.3 is 15.5 Å². The van der Waals surface area contributed by atoms with Crippen LogP contribution in [-0.2, 0) is 0 Å². The van der Waals surface area contributed by atoms with Crippen molar-refractivity contribution in [3.8, 4) is 0 Å². The largest absolute Gasteiger partial charge is 0.394 e. The number of hydrogen-bond donors (Lipinski definition) is 3. The van der Waals surface area contributed by atoms with Crippen LogP contribution in [0.1, 0.15) is 27.2 Å². The van der Waals surface area contributed by atoms with Gasteiger partial charge in [0, 0.05) is 17.0 Å². The van der Waals surface area contributed by atoms with Gasteiger partial charge in [0.25, 0.3) is 0 Å². The van der Waals surface area contributed by atoms with Crippen molar-refractivity contribution in [2.75, 3.05) is 18.9 Å². The summed E-state index contributed by atoms with van der Waals surface area (Å²) in [5.74, 6) is 0.611.